The summed E-state index contributed by atoms with van der Waals surface area (Å²) in [5.74, 6) is 0.869. The van der Waals surface area contributed by atoms with Crippen molar-refractivity contribution in [2.75, 3.05) is 13.2 Å². The first-order valence-corrected chi connectivity index (χ1v) is 6.56. The first-order valence-electron chi connectivity index (χ1n) is 6.56. The van der Waals surface area contributed by atoms with E-state index in [1.807, 2.05) is 0 Å². The van der Waals surface area contributed by atoms with Crippen LogP contribution in [0.5, 0.6) is 0 Å². The van der Waals surface area contributed by atoms with Gasteiger partial charge in [-0.2, -0.15) is 0 Å². The van der Waals surface area contributed by atoms with Crippen LogP contribution in [0, 0.1) is 11.3 Å². The van der Waals surface area contributed by atoms with E-state index in [9.17, 15) is 0 Å². The largest absolute Gasteiger partial charge is 0.378 e. The Morgan fingerprint density at radius 1 is 1.33 bits per heavy atom. The molecule has 0 aliphatic heterocycles. The van der Waals surface area contributed by atoms with Gasteiger partial charge in [0, 0.05) is 0 Å². The molecule has 2 aliphatic rings. The van der Waals surface area contributed by atoms with E-state index in [1.165, 1.54) is 38.5 Å². The van der Waals surface area contributed by atoms with Crippen molar-refractivity contribution in [3.8, 4) is 0 Å². The van der Waals surface area contributed by atoms with Crippen LogP contribution in [-0.2, 0) is 4.74 Å². The minimum Gasteiger partial charge on any atom is -0.378 e. The number of rotatable bonds is 5. The van der Waals surface area contributed by atoms with E-state index in [0.717, 1.165) is 25.5 Å². The van der Waals surface area contributed by atoms with Crippen LogP contribution >= 0.6 is 0 Å². The van der Waals surface area contributed by atoms with Gasteiger partial charge < -0.3 is 10.5 Å². The fourth-order valence-electron chi connectivity index (χ4n) is 2.77. The number of hydrogen-bond acceptors (Lipinski definition) is 2. The Kier molecular flexibility index (Phi) is 3.68. The van der Waals surface area contributed by atoms with Crippen LogP contribution in [0.3, 0.4) is 0 Å². The molecule has 0 spiro atoms. The molecule has 0 heterocycles. The second kappa shape index (κ2) is 4.84. The zero-order valence-corrected chi connectivity index (χ0v) is 10.0. The van der Waals surface area contributed by atoms with Crippen molar-refractivity contribution in [3.05, 3.63) is 0 Å². The fraction of sp³-hybridized carbons (Fsp3) is 1.00. The lowest BCUT2D eigenvalue weighted by molar-refractivity contribution is -0.00979. The maximum Gasteiger partial charge on any atom is 0.0578 e. The van der Waals surface area contributed by atoms with Gasteiger partial charge in [-0.05, 0) is 50.0 Å². The van der Waals surface area contributed by atoms with Crippen molar-refractivity contribution in [2.45, 2.75) is 58.0 Å². The summed E-state index contributed by atoms with van der Waals surface area (Å²) in [6.45, 7) is 4.15. The topological polar surface area (TPSA) is 35.2 Å². The maximum absolute atomic E-state index is 6.08. The van der Waals surface area contributed by atoms with Crippen molar-refractivity contribution < 1.29 is 4.74 Å². The second-order valence-electron chi connectivity index (χ2n) is 5.74. The normalized spacial score (nSPS) is 34.0. The van der Waals surface area contributed by atoms with Crippen LogP contribution in [0.2, 0.25) is 0 Å². The molecule has 2 rings (SSSR count). The molecule has 2 fully saturated rings. The smallest absolute Gasteiger partial charge is 0.0578 e. The molecule has 2 atom stereocenters. The highest BCUT2D eigenvalue weighted by molar-refractivity contribution is 4.93. The van der Waals surface area contributed by atoms with Crippen LogP contribution < -0.4 is 5.73 Å². The minimum atomic E-state index is 0.495. The molecule has 0 radical (unpaired) electrons. The van der Waals surface area contributed by atoms with E-state index in [4.69, 9.17) is 10.5 Å². The van der Waals surface area contributed by atoms with Crippen molar-refractivity contribution in [2.24, 2.45) is 17.1 Å². The van der Waals surface area contributed by atoms with E-state index in [2.05, 4.69) is 6.92 Å². The van der Waals surface area contributed by atoms with Gasteiger partial charge in [0.2, 0.25) is 0 Å². The highest BCUT2D eigenvalue weighted by atomic mass is 16.5. The van der Waals surface area contributed by atoms with Crippen molar-refractivity contribution in [1.29, 1.82) is 0 Å². The summed E-state index contributed by atoms with van der Waals surface area (Å²) in [6, 6.07) is 0. The summed E-state index contributed by atoms with van der Waals surface area (Å²) in [7, 11) is 0. The van der Waals surface area contributed by atoms with E-state index in [-0.39, 0.29) is 0 Å². The van der Waals surface area contributed by atoms with Gasteiger partial charge in [-0.15, -0.1) is 0 Å². The van der Waals surface area contributed by atoms with E-state index >= 15 is 0 Å². The average molecular weight is 211 g/mol. The molecular formula is C13H25NO. The molecule has 0 aromatic heterocycles. The summed E-state index contributed by atoms with van der Waals surface area (Å²) < 4.78 is 6.08. The molecular weight excluding hydrogens is 186 g/mol. The minimum absolute atomic E-state index is 0.495. The van der Waals surface area contributed by atoms with Crippen molar-refractivity contribution in [1.82, 2.24) is 0 Å². The molecule has 2 heteroatoms. The van der Waals surface area contributed by atoms with Crippen LogP contribution in [0.1, 0.15) is 51.9 Å². The first kappa shape index (κ1) is 11.4. The zero-order valence-electron chi connectivity index (χ0n) is 10.0. The van der Waals surface area contributed by atoms with Gasteiger partial charge in [-0.3, -0.25) is 0 Å². The summed E-state index contributed by atoms with van der Waals surface area (Å²) >= 11 is 0. The third-order valence-electron chi connectivity index (χ3n) is 4.15. The lowest BCUT2D eigenvalue weighted by Gasteiger charge is -2.28. The summed E-state index contributed by atoms with van der Waals surface area (Å²) in [6.07, 6.45) is 9.70. The number of ether oxygens (including phenoxy) is 1. The van der Waals surface area contributed by atoms with Crippen LogP contribution in [0.4, 0.5) is 0 Å². The molecule has 0 bridgehead atoms. The SMILES string of the molecule is CC1CCCC(OCC2(CCN)CC2)C1. The molecule has 88 valence electrons. The predicted molar refractivity (Wildman–Crippen MR) is 62.7 cm³/mol. The Morgan fingerprint density at radius 3 is 2.73 bits per heavy atom. The lowest BCUT2D eigenvalue weighted by atomic mass is 9.88. The van der Waals surface area contributed by atoms with Gasteiger partial charge in [-0.25, -0.2) is 0 Å². The molecule has 2 N–H and O–H groups in total. The third-order valence-corrected chi connectivity index (χ3v) is 4.15. The van der Waals surface area contributed by atoms with Crippen molar-refractivity contribution in [3.63, 3.8) is 0 Å². The molecule has 0 amide bonds. The number of hydrogen-bond donors (Lipinski definition) is 1. The Hall–Kier alpha value is -0.0800. The summed E-state index contributed by atoms with van der Waals surface area (Å²) in [5, 5.41) is 0. The standard InChI is InChI=1S/C13H25NO/c1-11-3-2-4-12(9-11)15-10-13(5-6-13)7-8-14/h11-12H,2-10,14H2,1H3. The van der Waals surface area contributed by atoms with Gasteiger partial charge in [0.05, 0.1) is 12.7 Å². The Morgan fingerprint density at radius 2 is 2.13 bits per heavy atom. The first-order chi connectivity index (χ1) is 7.24. The molecule has 0 aromatic rings. The van der Waals surface area contributed by atoms with E-state index in [0.29, 0.717) is 11.5 Å². The molecule has 15 heavy (non-hydrogen) atoms. The Labute approximate surface area is 93.6 Å². The van der Waals surface area contributed by atoms with Gasteiger partial charge in [-0.1, -0.05) is 19.8 Å². The van der Waals surface area contributed by atoms with Crippen LogP contribution in [0.25, 0.3) is 0 Å². The predicted octanol–water partition coefficient (Wildman–Crippen LogP) is 2.71. The fourth-order valence-corrected chi connectivity index (χ4v) is 2.77. The third kappa shape index (κ3) is 3.18. The van der Waals surface area contributed by atoms with Crippen LogP contribution in [0.15, 0.2) is 0 Å². The van der Waals surface area contributed by atoms with Gasteiger partial charge >= 0.3 is 0 Å². The Bertz CT molecular complexity index is 201. The molecule has 0 aromatic carbocycles. The second-order valence-corrected chi connectivity index (χ2v) is 5.74. The highest BCUT2D eigenvalue weighted by Gasteiger charge is 2.42. The maximum atomic E-state index is 6.08. The molecule has 2 aliphatic carbocycles. The van der Waals surface area contributed by atoms with Crippen LogP contribution in [-0.4, -0.2) is 19.3 Å². The number of nitrogens with two attached hydrogens (primary N) is 1. The molecule has 2 unspecified atom stereocenters. The van der Waals surface area contributed by atoms with E-state index in [1.54, 1.807) is 0 Å². The molecule has 2 saturated carbocycles. The van der Waals surface area contributed by atoms with E-state index < -0.39 is 0 Å². The summed E-state index contributed by atoms with van der Waals surface area (Å²) in [4.78, 5) is 0. The highest BCUT2D eigenvalue weighted by Crippen LogP contribution is 2.49. The monoisotopic (exact) mass is 211 g/mol. The zero-order chi connectivity index (χ0) is 10.7. The van der Waals surface area contributed by atoms with Gasteiger partial charge in [0.1, 0.15) is 0 Å². The lowest BCUT2D eigenvalue weighted by Crippen LogP contribution is -2.25. The van der Waals surface area contributed by atoms with Gasteiger partial charge in [0.15, 0.2) is 0 Å². The van der Waals surface area contributed by atoms with Crippen molar-refractivity contribution >= 4 is 0 Å². The molecule has 0 saturated heterocycles. The quantitative estimate of drug-likeness (QED) is 0.759. The Balaban J connectivity index is 1.68. The summed E-state index contributed by atoms with van der Waals surface area (Å²) in [5.41, 5.74) is 6.13. The van der Waals surface area contributed by atoms with Gasteiger partial charge in [0.25, 0.3) is 0 Å². The average Bonchev–Trinajstić information content (AvgIpc) is 2.97. The molecule has 2 nitrogen and oxygen atoms in total.